The number of para-hydroxylation sites is 3. The minimum atomic E-state index is -0.376. The molecule has 2 heterocycles. The van der Waals surface area contributed by atoms with Crippen molar-refractivity contribution in [1.82, 2.24) is 4.98 Å². The summed E-state index contributed by atoms with van der Waals surface area (Å²) >= 11 is 6.09. The third-order valence-corrected chi connectivity index (χ3v) is 4.39. The minimum Gasteiger partial charge on any atom is -0.436 e. The fourth-order valence-corrected chi connectivity index (χ4v) is 3.00. The highest BCUT2D eigenvalue weighted by Gasteiger charge is 2.30. The Labute approximate surface area is 160 Å². The molecule has 4 rings (SSSR count). The fourth-order valence-electron chi connectivity index (χ4n) is 2.81. The summed E-state index contributed by atoms with van der Waals surface area (Å²) in [5, 5.41) is 3.15. The first-order valence-electron chi connectivity index (χ1n) is 8.21. The van der Waals surface area contributed by atoms with Gasteiger partial charge >= 0.3 is 0 Å². The molecule has 1 aliphatic rings. The van der Waals surface area contributed by atoms with Crippen LogP contribution < -0.4 is 15.0 Å². The van der Waals surface area contributed by atoms with Crippen LogP contribution >= 0.6 is 11.6 Å². The quantitative estimate of drug-likeness (QED) is 0.742. The molecule has 0 atom stereocenters. The molecule has 0 unspecified atom stereocenters. The maximum Gasteiger partial charge on any atom is 0.264 e. The molecule has 134 valence electrons. The van der Waals surface area contributed by atoms with E-state index >= 15 is 0 Å². The van der Waals surface area contributed by atoms with Gasteiger partial charge in [-0.15, -0.1) is 0 Å². The summed E-state index contributed by atoms with van der Waals surface area (Å²) in [4.78, 5) is 31.2. The number of hydrogen-bond donors (Lipinski definition) is 1. The summed E-state index contributed by atoms with van der Waals surface area (Å²) in [6.45, 7) is -0.196. The molecule has 2 amide bonds. The van der Waals surface area contributed by atoms with Gasteiger partial charge < -0.3 is 10.1 Å². The van der Waals surface area contributed by atoms with E-state index in [-0.39, 0.29) is 24.2 Å². The molecule has 0 fully saturated rings. The van der Waals surface area contributed by atoms with Gasteiger partial charge in [0.15, 0.2) is 5.75 Å². The van der Waals surface area contributed by atoms with Crippen molar-refractivity contribution >= 4 is 34.8 Å². The molecule has 1 N–H and O–H groups in total. The van der Waals surface area contributed by atoms with E-state index in [1.54, 1.807) is 66.9 Å². The average molecular weight is 380 g/mol. The number of amides is 2. The van der Waals surface area contributed by atoms with Crippen LogP contribution in [0.1, 0.15) is 10.4 Å². The summed E-state index contributed by atoms with van der Waals surface area (Å²) in [6.07, 6.45) is 1.55. The number of nitrogens with zero attached hydrogens (tertiary/aromatic N) is 2. The van der Waals surface area contributed by atoms with Crippen LogP contribution in [0.3, 0.4) is 0 Å². The van der Waals surface area contributed by atoms with Gasteiger partial charge in [0.25, 0.3) is 5.91 Å². The van der Waals surface area contributed by atoms with E-state index in [2.05, 4.69) is 10.3 Å². The number of carbonyl (C=O) groups excluding carboxylic acids is 2. The molecule has 3 aromatic rings. The molecule has 6 nitrogen and oxygen atoms in total. The average Bonchev–Trinajstić information content (AvgIpc) is 2.79. The molecule has 0 saturated carbocycles. The lowest BCUT2D eigenvalue weighted by Gasteiger charge is -2.21. The van der Waals surface area contributed by atoms with Crippen molar-refractivity contribution in [2.75, 3.05) is 16.8 Å². The number of carbonyl (C=O) groups is 2. The number of hydrogen-bond acceptors (Lipinski definition) is 4. The predicted octanol–water partition coefficient (Wildman–Crippen LogP) is 4.13. The third kappa shape index (κ3) is 3.35. The number of anilines is 2. The molecule has 7 heteroatoms. The van der Waals surface area contributed by atoms with Crippen LogP contribution in [0.25, 0.3) is 0 Å². The summed E-state index contributed by atoms with van der Waals surface area (Å²) in [5.41, 5.74) is 1.27. The highest BCUT2D eigenvalue weighted by molar-refractivity contribution is 6.33. The van der Waals surface area contributed by atoms with Crippen molar-refractivity contribution < 1.29 is 14.3 Å². The van der Waals surface area contributed by atoms with Crippen molar-refractivity contribution in [3.8, 4) is 11.6 Å². The molecular weight excluding hydrogens is 366 g/mol. The zero-order valence-electron chi connectivity index (χ0n) is 14.1. The van der Waals surface area contributed by atoms with Crippen LogP contribution in [0.5, 0.6) is 11.6 Å². The van der Waals surface area contributed by atoms with Gasteiger partial charge in [-0.3, -0.25) is 14.5 Å². The maximum absolute atomic E-state index is 13.1. The molecule has 1 aromatic heterocycles. The Morgan fingerprint density at radius 1 is 1.07 bits per heavy atom. The topological polar surface area (TPSA) is 71.5 Å². The second-order valence-corrected chi connectivity index (χ2v) is 6.25. The van der Waals surface area contributed by atoms with Crippen molar-refractivity contribution in [3.63, 3.8) is 0 Å². The fraction of sp³-hybridized carbons (Fsp3) is 0.0500. The van der Waals surface area contributed by atoms with Crippen molar-refractivity contribution in [2.45, 2.75) is 0 Å². The Morgan fingerprint density at radius 2 is 1.85 bits per heavy atom. The normalized spacial score (nSPS) is 12.5. The van der Waals surface area contributed by atoms with Gasteiger partial charge in [0, 0.05) is 6.20 Å². The van der Waals surface area contributed by atoms with Crippen LogP contribution in [0, 0.1) is 0 Å². The Kier molecular flexibility index (Phi) is 4.48. The number of pyridine rings is 1. The van der Waals surface area contributed by atoms with E-state index in [1.165, 1.54) is 4.90 Å². The molecule has 2 aromatic carbocycles. The second-order valence-electron chi connectivity index (χ2n) is 5.85. The molecule has 1 aliphatic heterocycles. The first-order chi connectivity index (χ1) is 13.1. The van der Waals surface area contributed by atoms with Crippen LogP contribution in [-0.4, -0.2) is 23.3 Å². The molecule has 27 heavy (non-hydrogen) atoms. The Bertz CT molecular complexity index is 1040. The Balaban J connectivity index is 1.67. The van der Waals surface area contributed by atoms with Gasteiger partial charge in [0.1, 0.15) is 12.1 Å². The molecule has 0 spiro atoms. The van der Waals surface area contributed by atoms with E-state index in [4.69, 9.17) is 16.3 Å². The molecule has 0 saturated heterocycles. The lowest BCUT2D eigenvalue weighted by Crippen LogP contribution is -2.37. The second kappa shape index (κ2) is 7.09. The van der Waals surface area contributed by atoms with Crippen molar-refractivity contribution in [2.24, 2.45) is 0 Å². The molecule has 0 radical (unpaired) electrons. The first kappa shape index (κ1) is 17.1. The predicted molar refractivity (Wildman–Crippen MR) is 103 cm³/mol. The zero-order valence-corrected chi connectivity index (χ0v) is 14.8. The molecule has 0 aliphatic carbocycles. The van der Waals surface area contributed by atoms with E-state index in [9.17, 15) is 9.59 Å². The Hall–Kier alpha value is -3.38. The summed E-state index contributed by atoms with van der Waals surface area (Å²) in [5.74, 6) is -0.0752. The largest absolute Gasteiger partial charge is 0.436 e. The van der Waals surface area contributed by atoms with E-state index in [1.807, 2.05) is 0 Å². The monoisotopic (exact) mass is 379 g/mol. The smallest absolute Gasteiger partial charge is 0.264 e. The third-order valence-electron chi connectivity index (χ3n) is 4.06. The van der Waals surface area contributed by atoms with Gasteiger partial charge in [0.05, 0.1) is 16.4 Å². The standard InChI is InChI=1S/C20H14ClN3O3/c21-14-7-1-2-8-15(14)23-18(25)12-24-16-9-3-4-10-17(16)27-19-13(20(24)26)6-5-11-22-19/h1-11H,12H2,(H,23,25). The number of nitrogens with one attached hydrogen (secondary N) is 1. The van der Waals surface area contributed by atoms with Crippen LogP contribution in [0.4, 0.5) is 11.4 Å². The number of aromatic nitrogens is 1. The van der Waals surface area contributed by atoms with E-state index in [0.717, 1.165) is 0 Å². The van der Waals surface area contributed by atoms with Crippen LogP contribution in [0.15, 0.2) is 66.9 Å². The van der Waals surface area contributed by atoms with Gasteiger partial charge in [-0.2, -0.15) is 0 Å². The molecule has 0 bridgehead atoms. The van der Waals surface area contributed by atoms with Crippen LogP contribution in [0.2, 0.25) is 5.02 Å². The van der Waals surface area contributed by atoms with Crippen molar-refractivity contribution in [3.05, 3.63) is 77.4 Å². The highest BCUT2D eigenvalue weighted by Crippen LogP contribution is 2.37. The Morgan fingerprint density at radius 3 is 2.70 bits per heavy atom. The molecular formula is C20H14ClN3O3. The SMILES string of the molecule is O=C(CN1C(=O)c2cccnc2Oc2ccccc21)Nc1ccccc1Cl. The number of rotatable bonds is 3. The number of ether oxygens (including phenoxy) is 1. The summed E-state index contributed by atoms with van der Waals surface area (Å²) in [7, 11) is 0. The van der Waals surface area contributed by atoms with Gasteiger partial charge in [-0.05, 0) is 36.4 Å². The number of benzene rings is 2. The van der Waals surface area contributed by atoms with Crippen molar-refractivity contribution in [1.29, 1.82) is 0 Å². The number of fused-ring (bicyclic) bond motifs is 2. The lowest BCUT2D eigenvalue weighted by atomic mass is 10.2. The first-order valence-corrected chi connectivity index (χ1v) is 8.59. The van der Waals surface area contributed by atoms with Crippen LogP contribution in [-0.2, 0) is 4.79 Å². The van der Waals surface area contributed by atoms with E-state index in [0.29, 0.717) is 27.7 Å². The van der Waals surface area contributed by atoms with Gasteiger partial charge in [-0.1, -0.05) is 35.9 Å². The van der Waals surface area contributed by atoms with Gasteiger partial charge in [-0.25, -0.2) is 4.98 Å². The summed E-state index contributed by atoms with van der Waals surface area (Å²) < 4.78 is 5.80. The summed E-state index contributed by atoms with van der Waals surface area (Å²) in [6, 6.07) is 17.2. The highest BCUT2D eigenvalue weighted by atomic mass is 35.5. The van der Waals surface area contributed by atoms with Gasteiger partial charge in [0.2, 0.25) is 11.8 Å². The minimum absolute atomic E-state index is 0.196. The lowest BCUT2D eigenvalue weighted by molar-refractivity contribution is -0.114. The van der Waals surface area contributed by atoms with E-state index < -0.39 is 0 Å². The number of halogens is 1. The zero-order chi connectivity index (χ0) is 18.8. The maximum atomic E-state index is 13.1.